The van der Waals surface area contributed by atoms with Crippen LogP contribution in [-0.2, 0) is 20.9 Å². The number of benzene rings is 2. The molecule has 0 fully saturated rings. The van der Waals surface area contributed by atoms with Crippen molar-refractivity contribution in [3.8, 4) is 0 Å². The van der Waals surface area contributed by atoms with Crippen molar-refractivity contribution in [1.29, 1.82) is 0 Å². The van der Waals surface area contributed by atoms with Gasteiger partial charge in [-0.25, -0.2) is 9.59 Å². The summed E-state index contributed by atoms with van der Waals surface area (Å²) in [7, 11) is 0. The Bertz CT molecular complexity index is 1070. The van der Waals surface area contributed by atoms with Crippen LogP contribution in [0.2, 0.25) is 0 Å². The Balaban J connectivity index is 1.76. The Morgan fingerprint density at radius 1 is 1.11 bits per heavy atom. The van der Waals surface area contributed by atoms with Crippen molar-refractivity contribution in [3.05, 3.63) is 82.2 Å². The van der Waals surface area contributed by atoms with E-state index < -0.39 is 11.6 Å². The van der Waals surface area contributed by atoms with Gasteiger partial charge in [-0.15, -0.1) is 0 Å². The monoisotopic (exact) mass is 363 g/mol. The number of carbonyl (C=O) groups excluding carboxylic acids is 2. The van der Waals surface area contributed by atoms with Crippen molar-refractivity contribution >= 4 is 34.6 Å². The molecule has 1 aromatic heterocycles. The lowest BCUT2D eigenvalue weighted by Gasteiger charge is -2.08. The Hall–Kier alpha value is -3.67. The number of anilines is 1. The molecule has 2 aromatic carbocycles. The van der Waals surface area contributed by atoms with Crippen LogP contribution < -0.4 is 10.9 Å². The zero-order valence-corrected chi connectivity index (χ0v) is 14.6. The number of esters is 1. The van der Waals surface area contributed by atoms with E-state index in [0.717, 1.165) is 5.56 Å². The highest BCUT2D eigenvalue weighted by Crippen LogP contribution is 2.22. The molecule has 1 heterocycles. The van der Waals surface area contributed by atoms with Gasteiger partial charge in [0, 0.05) is 41.8 Å². The predicted molar refractivity (Wildman–Crippen MR) is 102 cm³/mol. The number of hydrogen-bond donors (Lipinski definition) is 1. The number of fused-ring (bicyclic) bond motifs is 1. The highest BCUT2D eigenvalue weighted by molar-refractivity contribution is 5.92. The van der Waals surface area contributed by atoms with Crippen LogP contribution in [-0.4, -0.2) is 11.9 Å². The minimum Gasteiger partial charge on any atom is -0.458 e. The van der Waals surface area contributed by atoms with Gasteiger partial charge in [-0.1, -0.05) is 30.3 Å². The van der Waals surface area contributed by atoms with Gasteiger partial charge in [0.1, 0.15) is 12.2 Å². The van der Waals surface area contributed by atoms with Crippen LogP contribution in [0.4, 0.5) is 5.69 Å². The minimum absolute atomic E-state index is 0.0699. The molecule has 0 atom stereocenters. The van der Waals surface area contributed by atoms with Gasteiger partial charge < -0.3 is 14.5 Å². The second-order valence-corrected chi connectivity index (χ2v) is 5.83. The van der Waals surface area contributed by atoms with Crippen molar-refractivity contribution in [3.63, 3.8) is 0 Å². The first-order valence-electron chi connectivity index (χ1n) is 8.25. The quantitative estimate of drug-likeness (QED) is 0.426. The van der Waals surface area contributed by atoms with Crippen LogP contribution in [0.5, 0.6) is 0 Å². The van der Waals surface area contributed by atoms with Crippen molar-refractivity contribution in [1.82, 2.24) is 0 Å². The first-order valence-corrected chi connectivity index (χ1v) is 8.25. The van der Waals surface area contributed by atoms with Crippen LogP contribution in [0.3, 0.4) is 0 Å². The summed E-state index contributed by atoms with van der Waals surface area (Å²) in [6.07, 6.45) is 2.98. The number of rotatable bonds is 5. The third kappa shape index (κ3) is 4.92. The maximum absolute atomic E-state index is 11.9. The smallest absolute Gasteiger partial charge is 0.336 e. The topological polar surface area (TPSA) is 85.6 Å². The highest BCUT2D eigenvalue weighted by Gasteiger charge is 2.09. The molecule has 0 spiro atoms. The predicted octanol–water partition coefficient (Wildman–Crippen LogP) is 3.51. The van der Waals surface area contributed by atoms with Gasteiger partial charge in [-0.2, -0.15) is 0 Å². The summed E-state index contributed by atoms with van der Waals surface area (Å²) >= 11 is 0. The molecule has 0 aliphatic heterocycles. The van der Waals surface area contributed by atoms with E-state index in [1.54, 1.807) is 24.3 Å². The van der Waals surface area contributed by atoms with Crippen molar-refractivity contribution < 1.29 is 18.7 Å². The van der Waals surface area contributed by atoms with E-state index in [1.165, 1.54) is 19.1 Å². The number of nitrogens with one attached hydrogen (secondary N) is 1. The molecule has 3 rings (SSSR count). The van der Waals surface area contributed by atoms with E-state index in [9.17, 15) is 14.4 Å². The third-order valence-electron chi connectivity index (χ3n) is 3.73. The van der Waals surface area contributed by atoms with E-state index in [-0.39, 0.29) is 12.5 Å². The highest BCUT2D eigenvalue weighted by atomic mass is 16.5. The molecule has 1 N–H and O–H groups in total. The Morgan fingerprint density at radius 3 is 2.63 bits per heavy atom. The normalized spacial score (nSPS) is 10.9. The van der Waals surface area contributed by atoms with Crippen LogP contribution in [0.15, 0.2) is 69.9 Å². The van der Waals surface area contributed by atoms with Crippen LogP contribution in [0.1, 0.15) is 18.1 Å². The second kappa shape index (κ2) is 8.14. The summed E-state index contributed by atoms with van der Waals surface area (Å²) in [6, 6.07) is 15.6. The summed E-state index contributed by atoms with van der Waals surface area (Å²) in [6.45, 7) is 1.32. The molecule has 0 unspecified atom stereocenters. The molecule has 0 aliphatic carbocycles. The van der Waals surface area contributed by atoms with E-state index in [4.69, 9.17) is 9.15 Å². The molecule has 3 aromatic rings. The lowest BCUT2D eigenvalue weighted by atomic mass is 10.1. The second-order valence-electron chi connectivity index (χ2n) is 5.83. The first-order chi connectivity index (χ1) is 13.0. The summed E-state index contributed by atoms with van der Waals surface area (Å²) in [5, 5.41) is 3.25. The van der Waals surface area contributed by atoms with Gasteiger partial charge in [0.05, 0.1) is 0 Å². The van der Waals surface area contributed by atoms with Crippen molar-refractivity contribution in [2.45, 2.75) is 13.5 Å². The fraction of sp³-hybridized carbons (Fsp3) is 0.0952. The van der Waals surface area contributed by atoms with Gasteiger partial charge in [0.25, 0.3) is 0 Å². The number of hydrogen-bond acceptors (Lipinski definition) is 5. The molecular formula is C21H17NO5. The van der Waals surface area contributed by atoms with Crippen LogP contribution >= 0.6 is 0 Å². The third-order valence-corrected chi connectivity index (χ3v) is 3.73. The lowest BCUT2D eigenvalue weighted by Crippen LogP contribution is -2.07. The minimum atomic E-state index is -0.562. The summed E-state index contributed by atoms with van der Waals surface area (Å²) in [5.74, 6) is -0.748. The van der Waals surface area contributed by atoms with Gasteiger partial charge in [0.15, 0.2) is 0 Å². The van der Waals surface area contributed by atoms with Gasteiger partial charge in [-0.3, -0.25) is 4.79 Å². The molecule has 6 nitrogen and oxygen atoms in total. The number of ether oxygens (including phenoxy) is 1. The summed E-state index contributed by atoms with van der Waals surface area (Å²) in [5.41, 5.74) is 1.66. The number of amides is 1. The Labute approximate surface area is 155 Å². The molecule has 0 saturated heterocycles. The average Bonchev–Trinajstić information content (AvgIpc) is 2.64. The lowest BCUT2D eigenvalue weighted by molar-refractivity contribution is -0.138. The largest absolute Gasteiger partial charge is 0.458 e. The Kier molecular flexibility index (Phi) is 5.47. The molecule has 0 saturated carbocycles. The summed E-state index contributed by atoms with van der Waals surface area (Å²) < 4.78 is 10.4. The molecule has 0 bridgehead atoms. The maximum Gasteiger partial charge on any atom is 0.336 e. The van der Waals surface area contributed by atoms with E-state index >= 15 is 0 Å². The molecule has 0 aliphatic rings. The zero-order chi connectivity index (χ0) is 19.2. The average molecular weight is 363 g/mol. The molecule has 6 heteroatoms. The SMILES string of the molecule is CC(=O)Nc1ccc2c(COC(=O)/C=C/c3ccccc3)cc(=O)oc2c1. The molecule has 1 amide bonds. The van der Waals surface area contributed by atoms with Crippen LogP contribution in [0, 0.1) is 0 Å². The molecule has 27 heavy (non-hydrogen) atoms. The van der Waals surface area contributed by atoms with E-state index in [1.807, 2.05) is 30.3 Å². The molecule has 136 valence electrons. The fourth-order valence-corrected chi connectivity index (χ4v) is 2.56. The van der Waals surface area contributed by atoms with Crippen molar-refractivity contribution in [2.24, 2.45) is 0 Å². The standard InChI is InChI=1S/C21H17NO5/c1-14(23)22-17-8-9-18-16(11-21(25)27-19(18)12-17)13-26-20(24)10-7-15-5-3-2-4-6-15/h2-12H,13H2,1H3,(H,22,23)/b10-7+. The maximum atomic E-state index is 11.9. The first kappa shape index (κ1) is 18.1. The van der Waals surface area contributed by atoms with Gasteiger partial charge >= 0.3 is 11.6 Å². The van der Waals surface area contributed by atoms with Gasteiger partial charge in [-0.05, 0) is 23.8 Å². The number of carbonyl (C=O) groups is 2. The molecule has 0 radical (unpaired) electrons. The zero-order valence-electron chi connectivity index (χ0n) is 14.6. The Morgan fingerprint density at radius 2 is 1.89 bits per heavy atom. The van der Waals surface area contributed by atoms with Gasteiger partial charge in [0.2, 0.25) is 5.91 Å². The fourth-order valence-electron chi connectivity index (χ4n) is 2.56. The summed E-state index contributed by atoms with van der Waals surface area (Å²) in [4.78, 5) is 34.9. The van der Waals surface area contributed by atoms with E-state index in [0.29, 0.717) is 22.2 Å². The van der Waals surface area contributed by atoms with E-state index in [2.05, 4.69) is 5.32 Å². The van der Waals surface area contributed by atoms with Crippen molar-refractivity contribution in [2.75, 3.05) is 5.32 Å². The molecular weight excluding hydrogens is 346 g/mol. The van der Waals surface area contributed by atoms with Crippen LogP contribution in [0.25, 0.3) is 17.0 Å².